The van der Waals surface area contributed by atoms with Crippen LogP contribution >= 0.6 is 0 Å². The molecule has 0 aliphatic heterocycles. The maximum absolute atomic E-state index is 9.82. The molecule has 2 unspecified atom stereocenters. The summed E-state index contributed by atoms with van der Waals surface area (Å²) in [6.07, 6.45) is 6.05. The van der Waals surface area contributed by atoms with Crippen LogP contribution < -0.4 is 5.32 Å². The van der Waals surface area contributed by atoms with Crippen molar-refractivity contribution in [2.75, 3.05) is 32.8 Å². The maximum atomic E-state index is 9.82. The molecule has 108 valence electrons. The molecule has 0 radical (unpaired) electrons. The van der Waals surface area contributed by atoms with Crippen LogP contribution in [0.4, 0.5) is 0 Å². The molecule has 0 heterocycles. The van der Waals surface area contributed by atoms with Gasteiger partial charge >= 0.3 is 0 Å². The highest BCUT2D eigenvalue weighted by Gasteiger charge is 2.41. The lowest BCUT2D eigenvalue weighted by Crippen LogP contribution is -2.52. The van der Waals surface area contributed by atoms with Gasteiger partial charge in [0.05, 0.1) is 6.61 Å². The quantitative estimate of drug-likeness (QED) is 0.664. The van der Waals surface area contributed by atoms with E-state index in [2.05, 4.69) is 31.0 Å². The Morgan fingerprint density at radius 1 is 1.28 bits per heavy atom. The Morgan fingerprint density at radius 3 is 2.56 bits per heavy atom. The molecule has 1 rings (SSSR count). The van der Waals surface area contributed by atoms with Gasteiger partial charge in [-0.3, -0.25) is 0 Å². The first kappa shape index (κ1) is 15.9. The summed E-state index contributed by atoms with van der Waals surface area (Å²) in [5.74, 6) is 0.648. The van der Waals surface area contributed by atoms with Crippen molar-refractivity contribution in [2.45, 2.75) is 58.4 Å². The monoisotopic (exact) mass is 256 g/mol. The van der Waals surface area contributed by atoms with Crippen LogP contribution in [0, 0.1) is 5.92 Å². The number of hydrogen-bond donors (Lipinski definition) is 2. The van der Waals surface area contributed by atoms with Crippen molar-refractivity contribution in [2.24, 2.45) is 5.92 Å². The largest absolute Gasteiger partial charge is 0.394 e. The zero-order valence-electron chi connectivity index (χ0n) is 12.5. The lowest BCUT2D eigenvalue weighted by atomic mass is 9.85. The molecule has 1 aliphatic rings. The van der Waals surface area contributed by atoms with Gasteiger partial charge in [0.2, 0.25) is 0 Å². The summed E-state index contributed by atoms with van der Waals surface area (Å²) in [5, 5.41) is 13.5. The Bertz CT molecular complexity index is 219. The standard InChI is InChI=1S/C15H32N2O/c1-4-11-16-15(13-18)10-7-8-14(15)9-12-17(5-2)6-3/h14,16,18H,4-13H2,1-3H3. The third-order valence-electron chi connectivity index (χ3n) is 4.65. The van der Waals surface area contributed by atoms with Gasteiger partial charge in [0, 0.05) is 5.54 Å². The zero-order valence-corrected chi connectivity index (χ0v) is 12.5. The van der Waals surface area contributed by atoms with Gasteiger partial charge < -0.3 is 15.3 Å². The molecule has 0 saturated heterocycles. The molecule has 2 N–H and O–H groups in total. The van der Waals surface area contributed by atoms with E-state index in [1.165, 1.54) is 25.8 Å². The summed E-state index contributed by atoms with van der Waals surface area (Å²) < 4.78 is 0. The minimum atomic E-state index is 0.0170. The van der Waals surface area contributed by atoms with Crippen molar-refractivity contribution in [1.29, 1.82) is 0 Å². The Kier molecular flexibility index (Phi) is 7.20. The topological polar surface area (TPSA) is 35.5 Å². The molecule has 18 heavy (non-hydrogen) atoms. The second-order valence-electron chi connectivity index (χ2n) is 5.65. The number of nitrogens with one attached hydrogen (secondary N) is 1. The number of aliphatic hydroxyl groups is 1. The summed E-state index contributed by atoms with van der Waals surface area (Å²) in [6, 6.07) is 0. The van der Waals surface area contributed by atoms with E-state index >= 15 is 0 Å². The van der Waals surface area contributed by atoms with Crippen molar-refractivity contribution in [3.63, 3.8) is 0 Å². The number of rotatable bonds is 9. The lowest BCUT2D eigenvalue weighted by molar-refractivity contribution is 0.112. The number of hydrogen-bond acceptors (Lipinski definition) is 3. The Labute approximate surface area is 113 Å². The van der Waals surface area contributed by atoms with Crippen molar-refractivity contribution >= 4 is 0 Å². The number of aliphatic hydroxyl groups excluding tert-OH is 1. The van der Waals surface area contributed by atoms with Gasteiger partial charge in [-0.1, -0.05) is 27.2 Å². The van der Waals surface area contributed by atoms with Gasteiger partial charge in [0.25, 0.3) is 0 Å². The SMILES string of the molecule is CCCNC1(CO)CCCC1CCN(CC)CC. The van der Waals surface area contributed by atoms with Gasteiger partial charge in [0.1, 0.15) is 0 Å². The molecule has 3 nitrogen and oxygen atoms in total. The molecular formula is C15H32N2O. The number of nitrogens with zero attached hydrogens (tertiary/aromatic N) is 1. The maximum Gasteiger partial charge on any atom is 0.0616 e. The van der Waals surface area contributed by atoms with Gasteiger partial charge in [-0.05, 0) is 57.8 Å². The molecule has 0 bridgehead atoms. The molecule has 0 spiro atoms. The average molecular weight is 256 g/mol. The van der Waals surface area contributed by atoms with E-state index in [9.17, 15) is 5.11 Å². The van der Waals surface area contributed by atoms with Crippen LogP contribution in [0.25, 0.3) is 0 Å². The molecule has 1 saturated carbocycles. The van der Waals surface area contributed by atoms with Crippen molar-refractivity contribution < 1.29 is 5.11 Å². The predicted octanol–water partition coefficient (Wildman–Crippen LogP) is 2.25. The summed E-state index contributed by atoms with van der Waals surface area (Å²) >= 11 is 0. The van der Waals surface area contributed by atoms with Crippen LogP contribution in [-0.2, 0) is 0 Å². The first-order valence-electron chi connectivity index (χ1n) is 7.80. The van der Waals surface area contributed by atoms with Crippen LogP contribution in [0.2, 0.25) is 0 Å². The van der Waals surface area contributed by atoms with Crippen LogP contribution in [0.5, 0.6) is 0 Å². The van der Waals surface area contributed by atoms with E-state index in [4.69, 9.17) is 0 Å². The summed E-state index contributed by atoms with van der Waals surface area (Å²) in [6.45, 7) is 11.4. The highest BCUT2D eigenvalue weighted by Crippen LogP contribution is 2.37. The second-order valence-corrected chi connectivity index (χ2v) is 5.65. The van der Waals surface area contributed by atoms with Crippen LogP contribution in [0.1, 0.15) is 52.9 Å². The van der Waals surface area contributed by atoms with Crippen molar-refractivity contribution in [1.82, 2.24) is 10.2 Å². The molecule has 3 heteroatoms. The lowest BCUT2D eigenvalue weighted by Gasteiger charge is -2.36. The first-order chi connectivity index (χ1) is 8.72. The second kappa shape index (κ2) is 8.13. The molecule has 1 aliphatic carbocycles. The molecule has 0 aromatic rings. The van der Waals surface area contributed by atoms with Crippen LogP contribution in [-0.4, -0.2) is 48.3 Å². The van der Waals surface area contributed by atoms with Crippen molar-refractivity contribution in [3.8, 4) is 0 Å². The first-order valence-corrected chi connectivity index (χ1v) is 7.80. The fourth-order valence-corrected chi connectivity index (χ4v) is 3.31. The highest BCUT2D eigenvalue weighted by molar-refractivity contribution is 4.99. The Hall–Kier alpha value is -0.120. The fourth-order valence-electron chi connectivity index (χ4n) is 3.31. The van der Waals surface area contributed by atoms with Crippen LogP contribution in [0.3, 0.4) is 0 Å². The Balaban J connectivity index is 2.50. The van der Waals surface area contributed by atoms with E-state index in [0.717, 1.165) is 32.5 Å². The van der Waals surface area contributed by atoms with E-state index in [-0.39, 0.29) is 5.54 Å². The third-order valence-corrected chi connectivity index (χ3v) is 4.65. The minimum absolute atomic E-state index is 0.0170. The average Bonchev–Trinajstić information content (AvgIpc) is 2.81. The molecule has 0 aromatic heterocycles. The molecule has 0 amide bonds. The van der Waals surface area contributed by atoms with Crippen LogP contribution in [0.15, 0.2) is 0 Å². The molecule has 1 fully saturated rings. The van der Waals surface area contributed by atoms with Gasteiger partial charge in [-0.15, -0.1) is 0 Å². The van der Waals surface area contributed by atoms with E-state index in [0.29, 0.717) is 12.5 Å². The summed E-state index contributed by atoms with van der Waals surface area (Å²) in [4.78, 5) is 2.49. The molecule has 2 atom stereocenters. The highest BCUT2D eigenvalue weighted by atomic mass is 16.3. The van der Waals surface area contributed by atoms with Gasteiger partial charge in [-0.2, -0.15) is 0 Å². The smallest absolute Gasteiger partial charge is 0.0616 e. The van der Waals surface area contributed by atoms with E-state index in [1.54, 1.807) is 0 Å². The zero-order chi connectivity index (χ0) is 13.4. The third kappa shape index (κ3) is 3.94. The van der Waals surface area contributed by atoms with E-state index in [1.807, 2.05) is 0 Å². The minimum Gasteiger partial charge on any atom is -0.394 e. The van der Waals surface area contributed by atoms with E-state index < -0.39 is 0 Å². The van der Waals surface area contributed by atoms with Gasteiger partial charge in [0.15, 0.2) is 0 Å². The normalized spacial score (nSPS) is 28.2. The molecule has 0 aromatic carbocycles. The Morgan fingerprint density at radius 2 is 2.00 bits per heavy atom. The fraction of sp³-hybridized carbons (Fsp3) is 1.00. The predicted molar refractivity (Wildman–Crippen MR) is 77.9 cm³/mol. The summed E-state index contributed by atoms with van der Waals surface area (Å²) in [5.41, 5.74) is 0.0170. The summed E-state index contributed by atoms with van der Waals surface area (Å²) in [7, 11) is 0. The molecular weight excluding hydrogens is 224 g/mol. The van der Waals surface area contributed by atoms with Crippen molar-refractivity contribution in [3.05, 3.63) is 0 Å². The van der Waals surface area contributed by atoms with Gasteiger partial charge in [-0.25, -0.2) is 0 Å².